The first-order chi connectivity index (χ1) is 14.7. The van der Waals surface area contributed by atoms with Crippen molar-refractivity contribution in [2.24, 2.45) is 4.99 Å². The van der Waals surface area contributed by atoms with Gasteiger partial charge in [-0.05, 0) is 29.7 Å². The number of carbonyl (C=O) groups excluding carboxylic acids is 1. The predicted molar refractivity (Wildman–Crippen MR) is 119 cm³/mol. The number of aromatic nitrogens is 1. The Morgan fingerprint density at radius 2 is 1.80 bits per heavy atom. The summed E-state index contributed by atoms with van der Waals surface area (Å²) in [4.78, 5) is 18.0. The number of amides is 1. The van der Waals surface area contributed by atoms with Crippen LogP contribution in [0.5, 0.6) is 11.5 Å². The molecule has 30 heavy (non-hydrogen) atoms. The summed E-state index contributed by atoms with van der Waals surface area (Å²) in [6.07, 6.45) is 0. The maximum Gasteiger partial charge on any atom is 0.279 e. The van der Waals surface area contributed by atoms with Crippen molar-refractivity contribution in [1.82, 2.24) is 4.57 Å². The van der Waals surface area contributed by atoms with Gasteiger partial charge in [-0.15, -0.1) is 0 Å². The molecule has 4 aromatic rings. The molecule has 0 saturated carbocycles. The highest BCUT2D eigenvalue weighted by Gasteiger charge is 2.13. The predicted octanol–water partition coefficient (Wildman–Crippen LogP) is 4.26. The largest absolute Gasteiger partial charge is 0.493 e. The van der Waals surface area contributed by atoms with Gasteiger partial charge in [-0.3, -0.25) is 4.79 Å². The first-order valence-corrected chi connectivity index (χ1v) is 10.3. The minimum absolute atomic E-state index is 0.335. The van der Waals surface area contributed by atoms with Crippen molar-refractivity contribution in [3.8, 4) is 11.5 Å². The number of fused-ring (bicyclic) bond motifs is 3. The van der Waals surface area contributed by atoms with E-state index >= 15 is 0 Å². The lowest BCUT2D eigenvalue weighted by atomic mass is 10.1. The zero-order chi connectivity index (χ0) is 21.1. The molecule has 0 spiro atoms. The van der Waals surface area contributed by atoms with Gasteiger partial charge >= 0.3 is 0 Å². The third-order valence-electron chi connectivity index (χ3n) is 4.92. The van der Waals surface area contributed by atoms with Crippen LogP contribution in [0, 0.1) is 0 Å². The summed E-state index contributed by atoms with van der Waals surface area (Å²) in [5.74, 6) is 0.726. The third kappa shape index (κ3) is 3.69. The molecule has 1 aromatic heterocycles. The first-order valence-electron chi connectivity index (χ1n) is 9.47. The van der Waals surface area contributed by atoms with Crippen LogP contribution in [0.3, 0.4) is 0 Å². The fourth-order valence-electron chi connectivity index (χ4n) is 3.40. The topological polar surface area (TPSA) is 62.1 Å². The zero-order valence-corrected chi connectivity index (χ0v) is 17.9. The average molecular weight is 423 g/mol. The fraction of sp³-hybridized carbons (Fsp3) is 0.217. The monoisotopic (exact) mass is 422 g/mol. The molecule has 0 saturated heterocycles. The van der Waals surface area contributed by atoms with Crippen molar-refractivity contribution < 1.29 is 19.0 Å². The third-order valence-corrected chi connectivity index (χ3v) is 6.05. The molecule has 0 bridgehead atoms. The minimum atomic E-state index is -0.335. The number of methoxy groups -OCH3 is 3. The second kappa shape index (κ2) is 8.69. The second-order valence-electron chi connectivity index (χ2n) is 6.65. The van der Waals surface area contributed by atoms with E-state index in [0.29, 0.717) is 35.0 Å². The van der Waals surface area contributed by atoms with Crippen molar-refractivity contribution in [2.45, 2.75) is 6.54 Å². The van der Waals surface area contributed by atoms with Crippen LogP contribution in [-0.2, 0) is 11.3 Å². The molecule has 0 N–H and O–H groups in total. The lowest BCUT2D eigenvalue weighted by Crippen LogP contribution is -2.19. The number of benzene rings is 3. The summed E-state index contributed by atoms with van der Waals surface area (Å²) in [6.45, 7) is 1.13. The molecule has 1 amide bonds. The smallest absolute Gasteiger partial charge is 0.279 e. The summed E-state index contributed by atoms with van der Waals surface area (Å²) in [6, 6.07) is 17.4. The molecule has 0 aliphatic carbocycles. The van der Waals surface area contributed by atoms with Gasteiger partial charge < -0.3 is 18.8 Å². The van der Waals surface area contributed by atoms with E-state index in [-0.39, 0.29) is 5.91 Å². The highest BCUT2D eigenvalue weighted by Crippen LogP contribution is 2.29. The lowest BCUT2D eigenvalue weighted by Gasteiger charge is -2.08. The Kier molecular flexibility index (Phi) is 5.83. The van der Waals surface area contributed by atoms with E-state index in [0.717, 1.165) is 21.0 Å². The number of carbonyl (C=O) groups is 1. The Morgan fingerprint density at radius 1 is 1.00 bits per heavy atom. The summed E-state index contributed by atoms with van der Waals surface area (Å²) >= 11 is 1.51. The van der Waals surface area contributed by atoms with Crippen molar-refractivity contribution in [2.75, 3.05) is 27.9 Å². The van der Waals surface area contributed by atoms with Crippen molar-refractivity contribution in [3.63, 3.8) is 0 Å². The van der Waals surface area contributed by atoms with Crippen molar-refractivity contribution in [1.29, 1.82) is 0 Å². The summed E-state index contributed by atoms with van der Waals surface area (Å²) in [5.41, 5.74) is 1.47. The Labute approximate surface area is 178 Å². The number of nitrogens with zero attached hydrogens (tertiary/aromatic N) is 2. The highest BCUT2D eigenvalue weighted by molar-refractivity contribution is 7.17. The van der Waals surface area contributed by atoms with Crippen LogP contribution in [0.4, 0.5) is 0 Å². The zero-order valence-electron chi connectivity index (χ0n) is 17.0. The lowest BCUT2D eigenvalue weighted by molar-refractivity contribution is 0.0997. The molecule has 3 aromatic carbocycles. The van der Waals surface area contributed by atoms with Crippen LogP contribution in [0.25, 0.3) is 21.0 Å². The molecular formula is C23H22N2O4S. The second-order valence-corrected chi connectivity index (χ2v) is 7.63. The molecule has 0 atom stereocenters. The van der Waals surface area contributed by atoms with E-state index in [4.69, 9.17) is 14.2 Å². The molecule has 4 rings (SSSR count). The number of thiazole rings is 1. The Bertz CT molecular complexity index is 1290. The highest BCUT2D eigenvalue weighted by atomic mass is 32.1. The Hall–Kier alpha value is -3.16. The van der Waals surface area contributed by atoms with Gasteiger partial charge in [-0.2, -0.15) is 4.99 Å². The molecule has 7 heteroatoms. The van der Waals surface area contributed by atoms with E-state index in [1.807, 2.05) is 16.7 Å². The van der Waals surface area contributed by atoms with Gasteiger partial charge in [-0.25, -0.2) is 0 Å². The number of rotatable bonds is 6. The van der Waals surface area contributed by atoms with Crippen LogP contribution in [0.1, 0.15) is 10.4 Å². The molecule has 0 fully saturated rings. The maximum atomic E-state index is 12.9. The standard InChI is InChI=1S/C23H22N2O4S/c1-27-13-12-25-18-10-8-15-6-4-5-7-17(15)21(18)30-23(25)24-22(26)16-9-11-19(28-2)20(14-16)29-3/h4-11,14H,12-13H2,1-3H3. The normalized spacial score (nSPS) is 11.9. The van der Waals surface area contributed by atoms with E-state index in [2.05, 4.69) is 29.3 Å². The van der Waals surface area contributed by atoms with E-state index in [9.17, 15) is 4.79 Å². The van der Waals surface area contributed by atoms with E-state index in [1.54, 1.807) is 39.5 Å². The van der Waals surface area contributed by atoms with Crippen LogP contribution >= 0.6 is 11.3 Å². The molecule has 1 heterocycles. The number of ether oxygens (including phenoxy) is 3. The Balaban J connectivity index is 1.87. The van der Waals surface area contributed by atoms with E-state index < -0.39 is 0 Å². The summed E-state index contributed by atoms with van der Waals surface area (Å²) < 4.78 is 19.0. The first kappa shape index (κ1) is 20.1. The van der Waals surface area contributed by atoms with Gasteiger partial charge in [-0.1, -0.05) is 41.7 Å². The van der Waals surface area contributed by atoms with Crippen LogP contribution in [-0.4, -0.2) is 38.4 Å². The van der Waals surface area contributed by atoms with Gasteiger partial charge in [0.2, 0.25) is 0 Å². The van der Waals surface area contributed by atoms with Gasteiger partial charge in [0.15, 0.2) is 16.3 Å². The molecule has 0 radical (unpaired) electrons. The molecular weight excluding hydrogens is 400 g/mol. The maximum absolute atomic E-state index is 12.9. The van der Waals surface area contributed by atoms with Crippen molar-refractivity contribution >= 4 is 38.2 Å². The molecule has 0 aliphatic rings. The van der Waals surface area contributed by atoms with E-state index in [1.165, 1.54) is 11.3 Å². The quantitative estimate of drug-likeness (QED) is 0.466. The average Bonchev–Trinajstić information content (AvgIpc) is 3.14. The fourth-order valence-corrected chi connectivity index (χ4v) is 4.59. The molecule has 0 unspecified atom stereocenters. The minimum Gasteiger partial charge on any atom is -0.493 e. The number of hydrogen-bond acceptors (Lipinski definition) is 5. The van der Waals surface area contributed by atoms with Gasteiger partial charge in [0, 0.05) is 24.6 Å². The van der Waals surface area contributed by atoms with Crippen LogP contribution < -0.4 is 14.3 Å². The number of hydrogen-bond donors (Lipinski definition) is 0. The summed E-state index contributed by atoms with van der Waals surface area (Å²) in [5, 5.41) is 2.30. The van der Waals surface area contributed by atoms with Crippen molar-refractivity contribution in [3.05, 3.63) is 65.0 Å². The molecule has 6 nitrogen and oxygen atoms in total. The van der Waals surface area contributed by atoms with Gasteiger partial charge in [0.05, 0.1) is 31.0 Å². The Morgan fingerprint density at radius 3 is 2.57 bits per heavy atom. The summed E-state index contributed by atoms with van der Waals surface area (Å²) in [7, 11) is 4.76. The van der Waals surface area contributed by atoms with Gasteiger partial charge in [0.25, 0.3) is 5.91 Å². The SMILES string of the molecule is COCCn1c(=NC(=O)c2ccc(OC)c(OC)c2)sc2c3ccccc3ccc21. The molecule has 0 aliphatic heterocycles. The van der Waals surface area contributed by atoms with Crippen LogP contribution in [0.2, 0.25) is 0 Å². The van der Waals surface area contributed by atoms with Crippen LogP contribution in [0.15, 0.2) is 59.6 Å². The van der Waals surface area contributed by atoms with Gasteiger partial charge in [0.1, 0.15) is 0 Å². The molecule has 154 valence electrons.